The first-order chi connectivity index (χ1) is 14.8. The predicted molar refractivity (Wildman–Crippen MR) is 115 cm³/mol. The number of hydrogen-bond acceptors (Lipinski definition) is 5. The van der Waals surface area contributed by atoms with Gasteiger partial charge in [0.15, 0.2) is 12.4 Å². The second kappa shape index (κ2) is 9.84. The van der Waals surface area contributed by atoms with Gasteiger partial charge in [0.25, 0.3) is 0 Å². The molecule has 0 radical (unpaired) electrons. The molecule has 1 atom stereocenters. The van der Waals surface area contributed by atoms with E-state index in [1.165, 1.54) is 18.7 Å². The van der Waals surface area contributed by atoms with Gasteiger partial charge in [-0.25, -0.2) is 0 Å². The van der Waals surface area contributed by atoms with E-state index in [2.05, 4.69) is 5.32 Å². The van der Waals surface area contributed by atoms with Crippen molar-refractivity contribution in [3.05, 3.63) is 77.0 Å². The molecule has 1 aliphatic heterocycles. The number of nitrogens with zero attached hydrogens (tertiary/aromatic N) is 1. The van der Waals surface area contributed by atoms with Crippen molar-refractivity contribution in [1.29, 1.82) is 0 Å². The van der Waals surface area contributed by atoms with Crippen molar-refractivity contribution in [3.8, 4) is 0 Å². The van der Waals surface area contributed by atoms with Crippen LogP contribution in [0.3, 0.4) is 0 Å². The van der Waals surface area contributed by atoms with Crippen LogP contribution in [0.1, 0.15) is 53.4 Å². The average Bonchev–Trinajstić information content (AvgIpc) is 2.76. The van der Waals surface area contributed by atoms with Crippen LogP contribution in [0.25, 0.3) is 6.08 Å². The van der Waals surface area contributed by atoms with Crippen LogP contribution in [0, 0.1) is 0 Å². The highest BCUT2D eigenvalue weighted by Gasteiger charge is 2.29. The summed E-state index contributed by atoms with van der Waals surface area (Å²) in [4.78, 5) is 49.3. The summed E-state index contributed by atoms with van der Waals surface area (Å²) in [6, 6.07) is 13.8. The van der Waals surface area contributed by atoms with E-state index in [1.54, 1.807) is 30.5 Å². The summed E-state index contributed by atoms with van der Waals surface area (Å²) in [5.74, 6) is -1.20. The Hall–Kier alpha value is -3.74. The Bertz CT molecular complexity index is 1030. The highest BCUT2D eigenvalue weighted by Crippen LogP contribution is 2.33. The van der Waals surface area contributed by atoms with Crippen LogP contribution in [-0.4, -0.2) is 35.1 Å². The molecule has 2 amide bonds. The standard InChI is InChI=1S/C24H24N2O5/c1-16(27)25-14-18-7-9-20(10-8-18)23(29)15-31-24(30)13-22-21-6-4-3-5-19(21)11-12-26(22)17(2)28/h3-12,22H,13-15H2,1-2H3,(H,25,27)/t22-/m1/s1. The zero-order valence-corrected chi connectivity index (χ0v) is 17.5. The lowest BCUT2D eigenvalue weighted by Gasteiger charge is -2.32. The highest BCUT2D eigenvalue weighted by molar-refractivity contribution is 5.98. The molecule has 1 N–H and O–H groups in total. The third-order valence-corrected chi connectivity index (χ3v) is 5.01. The van der Waals surface area contributed by atoms with Crippen molar-refractivity contribution < 1.29 is 23.9 Å². The predicted octanol–water partition coefficient (Wildman–Crippen LogP) is 3.01. The molecule has 2 aromatic carbocycles. The molecule has 7 nitrogen and oxygen atoms in total. The fourth-order valence-electron chi connectivity index (χ4n) is 3.39. The topological polar surface area (TPSA) is 92.8 Å². The van der Waals surface area contributed by atoms with Gasteiger partial charge in [-0.2, -0.15) is 0 Å². The molecule has 0 saturated carbocycles. The van der Waals surface area contributed by atoms with Gasteiger partial charge in [-0.05, 0) is 22.8 Å². The lowest BCUT2D eigenvalue weighted by Crippen LogP contribution is -2.32. The first-order valence-electron chi connectivity index (χ1n) is 9.93. The van der Waals surface area contributed by atoms with E-state index in [9.17, 15) is 19.2 Å². The van der Waals surface area contributed by atoms with E-state index in [1.807, 2.05) is 30.3 Å². The zero-order chi connectivity index (χ0) is 22.4. The Labute approximate surface area is 180 Å². The molecular formula is C24H24N2O5. The number of rotatable bonds is 7. The maximum Gasteiger partial charge on any atom is 0.308 e. The Morgan fingerprint density at radius 3 is 2.39 bits per heavy atom. The fraction of sp³-hybridized carbons (Fsp3) is 0.250. The molecule has 7 heteroatoms. The molecule has 1 heterocycles. The third kappa shape index (κ3) is 5.66. The Balaban J connectivity index is 1.59. The fourth-order valence-corrected chi connectivity index (χ4v) is 3.39. The van der Waals surface area contributed by atoms with Crippen LogP contribution in [0.4, 0.5) is 0 Å². The number of ether oxygens (including phenoxy) is 1. The number of carbonyl (C=O) groups excluding carboxylic acids is 4. The maximum absolute atomic E-state index is 12.5. The van der Waals surface area contributed by atoms with Gasteiger partial charge in [0.2, 0.25) is 11.8 Å². The number of ketones is 1. The molecule has 2 aromatic rings. The Morgan fingerprint density at radius 2 is 1.71 bits per heavy atom. The van der Waals surface area contributed by atoms with Gasteiger partial charge >= 0.3 is 5.97 Å². The Morgan fingerprint density at radius 1 is 1.00 bits per heavy atom. The highest BCUT2D eigenvalue weighted by atomic mass is 16.5. The molecule has 3 rings (SSSR count). The summed E-state index contributed by atoms with van der Waals surface area (Å²) < 4.78 is 5.21. The summed E-state index contributed by atoms with van der Waals surface area (Å²) in [7, 11) is 0. The number of Topliss-reactive ketones (excluding diaryl/α,β-unsaturated/α-hetero) is 1. The molecule has 0 saturated heterocycles. The van der Waals surface area contributed by atoms with Gasteiger partial charge in [0.05, 0.1) is 12.5 Å². The summed E-state index contributed by atoms with van der Waals surface area (Å²) in [5, 5.41) is 2.68. The number of hydrogen-bond donors (Lipinski definition) is 1. The quantitative estimate of drug-likeness (QED) is 0.549. The Kier molecular flexibility index (Phi) is 6.97. The minimum Gasteiger partial charge on any atom is -0.457 e. The first kappa shape index (κ1) is 22.0. The van der Waals surface area contributed by atoms with Crippen LogP contribution in [0.2, 0.25) is 0 Å². The minimum absolute atomic E-state index is 0.0517. The second-order valence-electron chi connectivity index (χ2n) is 7.28. The lowest BCUT2D eigenvalue weighted by molar-refractivity contribution is -0.144. The lowest BCUT2D eigenvalue weighted by atomic mass is 9.94. The van der Waals surface area contributed by atoms with E-state index in [0.29, 0.717) is 12.1 Å². The van der Waals surface area contributed by atoms with E-state index < -0.39 is 12.0 Å². The number of benzene rings is 2. The number of esters is 1. The van der Waals surface area contributed by atoms with Crippen molar-refractivity contribution in [3.63, 3.8) is 0 Å². The van der Waals surface area contributed by atoms with Gasteiger partial charge in [-0.3, -0.25) is 19.2 Å². The van der Waals surface area contributed by atoms with Crippen LogP contribution < -0.4 is 5.32 Å². The molecule has 31 heavy (non-hydrogen) atoms. The number of amides is 2. The van der Waals surface area contributed by atoms with Crippen molar-refractivity contribution >= 4 is 29.6 Å². The molecule has 0 aromatic heterocycles. The normalized spacial score (nSPS) is 14.5. The monoisotopic (exact) mass is 420 g/mol. The maximum atomic E-state index is 12.5. The summed E-state index contributed by atoms with van der Waals surface area (Å²) in [5.41, 5.74) is 3.07. The van der Waals surface area contributed by atoms with E-state index in [-0.39, 0.29) is 30.6 Å². The summed E-state index contributed by atoms with van der Waals surface area (Å²) in [6.07, 6.45) is 3.44. The number of carbonyl (C=O) groups is 4. The van der Waals surface area contributed by atoms with E-state index in [4.69, 9.17) is 4.74 Å². The summed E-state index contributed by atoms with van der Waals surface area (Å²) >= 11 is 0. The molecular weight excluding hydrogens is 396 g/mol. The van der Waals surface area contributed by atoms with Gasteiger partial charge in [-0.15, -0.1) is 0 Å². The number of fused-ring (bicyclic) bond motifs is 1. The van der Waals surface area contributed by atoms with Crippen molar-refractivity contribution in [2.45, 2.75) is 32.9 Å². The van der Waals surface area contributed by atoms with Crippen molar-refractivity contribution in [2.75, 3.05) is 6.61 Å². The molecule has 0 spiro atoms. The number of nitrogens with one attached hydrogen (secondary N) is 1. The van der Waals surface area contributed by atoms with Gasteiger partial charge < -0.3 is 15.0 Å². The minimum atomic E-state index is -0.558. The molecule has 0 fully saturated rings. The van der Waals surface area contributed by atoms with E-state index >= 15 is 0 Å². The van der Waals surface area contributed by atoms with E-state index in [0.717, 1.165) is 16.7 Å². The third-order valence-electron chi connectivity index (χ3n) is 5.01. The molecule has 1 aliphatic rings. The van der Waals surface area contributed by atoms with Crippen LogP contribution in [0.15, 0.2) is 54.7 Å². The summed E-state index contributed by atoms with van der Waals surface area (Å²) in [6.45, 7) is 2.87. The SMILES string of the molecule is CC(=O)NCc1ccc(C(=O)COC(=O)C[C@@H]2c3ccccc3C=CN2C(C)=O)cc1. The molecule has 0 bridgehead atoms. The van der Waals surface area contributed by atoms with Crippen LogP contribution in [-0.2, 0) is 25.7 Å². The van der Waals surface area contributed by atoms with Crippen molar-refractivity contribution in [2.24, 2.45) is 0 Å². The van der Waals surface area contributed by atoms with Crippen LogP contribution in [0.5, 0.6) is 0 Å². The van der Waals surface area contributed by atoms with Crippen LogP contribution >= 0.6 is 0 Å². The van der Waals surface area contributed by atoms with Crippen molar-refractivity contribution in [1.82, 2.24) is 10.2 Å². The zero-order valence-electron chi connectivity index (χ0n) is 17.5. The van der Waals surface area contributed by atoms with Gasteiger partial charge in [0, 0.05) is 32.2 Å². The smallest absolute Gasteiger partial charge is 0.308 e. The molecule has 0 unspecified atom stereocenters. The second-order valence-corrected chi connectivity index (χ2v) is 7.28. The molecule has 0 aliphatic carbocycles. The largest absolute Gasteiger partial charge is 0.457 e. The van der Waals surface area contributed by atoms with Gasteiger partial charge in [-0.1, -0.05) is 48.5 Å². The first-order valence-corrected chi connectivity index (χ1v) is 9.93. The molecule has 160 valence electrons. The van der Waals surface area contributed by atoms with Gasteiger partial charge in [0.1, 0.15) is 0 Å². The average molecular weight is 420 g/mol.